The van der Waals surface area contributed by atoms with Gasteiger partial charge in [-0.05, 0) is 51.5 Å². The monoisotopic (exact) mass is 696 g/mol. The molecule has 49 heavy (non-hydrogen) atoms. The number of carbonyl (C=O) groups is 6. The lowest BCUT2D eigenvalue weighted by molar-refractivity contribution is -0.198. The fourth-order valence-electron chi connectivity index (χ4n) is 5.78. The number of carbonyl (C=O) groups excluding carboxylic acids is 6. The van der Waals surface area contributed by atoms with E-state index < -0.39 is 65.5 Å². The van der Waals surface area contributed by atoms with Crippen LogP contribution in [0, 0.1) is 11.3 Å². The average molecular weight is 697 g/mol. The number of benzene rings is 1. The maximum Gasteiger partial charge on any atom is 0.471 e. The van der Waals surface area contributed by atoms with Gasteiger partial charge >= 0.3 is 18.2 Å². The first kappa shape index (κ1) is 39.1. The summed E-state index contributed by atoms with van der Waals surface area (Å²) >= 11 is 0. The van der Waals surface area contributed by atoms with Crippen LogP contribution in [0.3, 0.4) is 0 Å². The zero-order valence-corrected chi connectivity index (χ0v) is 28.6. The van der Waals surface area contributed by atoms with Gasteiger partial charge in [-0.15, -0.1) is 0 Å². The summed E-state index contributed by atoms with van der Waals surface area (Å²) < 4.78 is 43.4. The summed E-state index contributed by atoms with van der Waals surface area (Å²) in [7, 11) is 0. The summed E-state index contributed by atoms with van der Waals surface area (Å²) in [6, 6.07) is 6.91. The Balaban J connectivity index is 1.49. The van der Waals surface area contributed by atoms with Gasteiger partial charge in [0, 0.05) is 38.0 Å². The summed E-state index contributed by atoms with van der Waals surface area (Å²) in [4.78, 5) is 78.0. The van der Waals surface area contributed by atoms with Gasteiger partial charge in [0.15, 0.2) is 0 Å². The molecule has 0 radical (unpaired) electrons. The average Bonchev–Trinajstić information content (AvgIpc) is 2.99. The van der Waals surface area contributed by atoms with E-state index in [9.17, 15) is 41.9 Å². The van der Waals surface area contributed by atoms with Gasteiger partial charge in [0.25, 0.3) is 0 Å². The molecule has 272 valence electrons. The molecule has 13 nitrogen and oxygen atoms in total. The highest BCUT2D eigenvalue weighted by Gasteiger charge is 2.53. The van der Waals surface area contributed by atoms with Crippen molar-refractivity contribution in [1.29, 1.82) is 0 Å². The summed E-state index contributed by atoms with van der Waals surface area (Å²) in [6.45, 7) is 8.48. The van der Waals surface area contributed by atoms with E-state index in [0.717, 1.165) is 10.5 Å². The number of amides is 6. The lowest BCUT2D eigenvalue weighted by Gasteiger charge is -2.53. The molecule has 1 aromatic rings. The summed E-state index contributed by atoms with van der Waals surface area (Å²) in [5.74, 6) is -4.13. The fourth-order valence-corrected chi connectivity index (χ4v) is 5.78. The standard InChI is InChI=1S/C33H47F3N6O7/c1-21(2)15-23(27(45)38-18-26(44)41-13-11-32(12-14-41)19-42(20-32)29(47)33(34,35)36)39-25(43)17-37-28(46)24(16-22-9-7-6-8-10-22)40-30(48)49-31(3,4)5/h6-10,21,23-24H,11-20H2,1-5H3,(H,37,46)(H,38,45)(H,39,43)(H,40,48). The quantitative estimate of drug-likeness (QED) is 0.259. The van der Waals surface area contributed by atoms with Gasteiger partial charge in [-0.2, -0.15) is 13.2 Å². The van der Waals surface area contributed by atoms with E-state index in [1.807, 2.05) is 19.9 Å². The van der Waals surface area contributed by atoms with Crippen molar-refractivity contribution < 1.29 is 46.7 Å². The molecule has 2 atom stereocenters. The first-order valence-electron chi connectivity index (χ1n) is 16.3. The Morgan fingerprint density at radius 2 is 1.41 bits per heavy atom. The maximum absolute atomic E-state index is 13.1. The van der Waals surface area contributed by atoms with Gasteiger partial charge in [0.1, 0.15) is 17.7 Å². The number of alkyl carbamates (subject to hydrolysis) is 1. The van der Waals surface area contributed by atoms with Crippen molar-refractivity contribution in [2.24, 2.45) is 11.3 Å². The molecular formula is C33H47F3N6O7. The molecular weight excluding hydrogens is 649 g/mol. The van der Waals surface area contributed by atoms with E-state index in [0.29, 0.717) is 12.8 Å². The molecule has 2 unspecified atom stereocenters. The van der Waals surface area contributed by atoms with Crippen LogP contribution in [0.25, 0.3) is 0 Å². The Bertz CT molecular complexity index is 1350. The molecule has 2 aliphatic rings. The molecule has 4 N–H and O–H groups in total. The number of nitrogens with one attached hydrogen (secondary N) is 4. The van der Waals surface area contributed by atoms with Gasteiger partial charge in [-0.1, -0.05) is 44.2 Å². The SMILES string of the molecule is CC(C)CC(NC(=O)CNC(=O)C(Cc1ccccc1)NC(=O)OC(C)(C)C)C(=O)NCC(=O)N1CCC2(CC1)CN(C(=O)C(F)(F)F)C2. The van der Waals surface area contributed by atoms with Crippen LogP contribution in [-0.4, -0.2) is 109 Å². The smallest absolute Gasteiger partial charge is 0.444 e. The Morgan fingerprint density at radius 3 is 1.96 bits per heavy atom. The highest BCUT2D eigenvalue weighted by molar-refractivity contribution is 5.93. The molecule has 1 spiro atoms. The minimum Gasteiger partial charge on any atom is -0.444 e. The number of rotatable bonds is 12. The van der Waals surface area contributed by atoms with Crippen LogP contribution < -0.4 is 21.3 Å². The van der Waals surface area contributed by atoms with Gasteiger partial charge in [0.2, 0.25) is 23.6 Å². The number of hydrogen-bond donors (Lipinski definition) is 4. The lowest BCUT2D eigenvalue weighted by atomic mass is 9.72. The minimum absolute atomic E-state index is 0.00488. The molecule has 0 aromatic heterocycles. The third-order valence-electron chi connectivity index (χ3n) is 8.25. The number of nitrogens with zero attached hydrogens (tertiary/aromatic N) is 2. The molecule has 0 aliphatic carbocycles. The van der Waals surface area contributed by atoms with Crippen LogP contribution >= 0.6 is 0 Å². The van der Waals surface area contributed by atoms with Crippen molar-refractivity contribution in [3.05, 3.63) is 35.9 Å². The van der Waals surface area contributed by atoms with Gasteiger partial charge in [0.05, 0.1) is 13.1 Å². The second kappa shape index (κ2) is 16.4. The van der Waals surface area contributed by atoms with E-state index in [1.54, 1.807) is 45.0 Å². The predicted molar refractivity (Wildman–Crippen MR) is 172 cm³/mol. The van der Waals surface area contributed by atoms with Crippen molar-refractivity contribution in [3.8, 4) is 0 Å². The molecule has 1 aromatic carbocycles. The second-order valence-corrected chi connectivity index (χ2v) is 14.1. The molecule has 0 bridgehead atoms. The van der Waals surface area contributed by atoms with E-state index in [-0.39, 0.29) is 57.4 Å². The minimum atomic E-state index is -4.91. The van der Waals surface area contributed by atoms with Crippen molar-refractivity contribution >= 4 is 35.6 Å². The lowest BCUT2D eigenvalue weighted by Crippen LogP contribution is -2.64. The van der Waals surface area contributed by atoms with Crippen LogP contribution in [0.15, 0.2) is 30.3 Å². The molecule has 6 amide bonds. The summed E-state index contributed by atoms with van der Waals surface area (Å²) in [5.41, 5.74) is -0.479. The number of hydrogen-bond acceptors (Lipinski definition) is 7. The highest BCUT2D eigenvalue weighted by Crippen LogP contribution is 2.41. The third-order valence-corrected chi connectivity index (χ3v) is 8.25. The zero-order valence-electron chi connectivity index (χ0n) is 28.6. The van der Waals surface area contributed by atoms with Gasteiger partial charge in [-0.3, -0.25) is 24.0 Å². The number of alkyl halides is 3. The van der Waals surface area contributed by atoms with Gasteiger partial charge < -0.3 is 35.8 Å². The largest absolute Gasteiger partial charge is 0.471 e. The van der Waals surface area contributed by atoms with Crippen molar-refractivity contribution in [2.75, 3.05) is 39.3 Å². The van der Waals surface area contributed by atoms with E-state index in [2.05, 4.69) is 21.3 Å². The Kier molecular flexibility index (Phi) is 13.0. The molecule has 2 saturated heterocycles. The molecule has 0 saturated carbocycles. The Hall–Kier alpha value is -4.37. The van der Waals surface area contributed by atoms with Crippen LogP contribution in [0.1, 0.15) is 59.4 Å². The van der Waals surface area contributed by atoms with Crippen molar-refractivity contribution in [3.63, 3.8) is 0 Å². The molecule has 2 aliphatic heterocycles. The molecule has 2 heterocycles. The van der Waals surface area contributed by atoms with Crippen LogP contribution in [0.4, 0.5) is 18.0 Å². The third kappa shape index (κ3) is 12.2. The first-order chi connectivity index (χ1) is 22.8. The normalized spacial score (nSPS) is 17.0. The van der Waals surface area contributed by atoms with E-state index >= 15 is 0 Å². The van der Waals surface area contributed by atoms with Crippen LogP contribution in [0.2, 0.25) is 0 Å². The second-order valence-electron chi connectivity index (χ2n) is 14.1. The molecule has 3 rings (SSSR count). The van der Waals surface area contributed by atoms with E-state index in [1.165, 1.54) is 4.90 Å². The van der Waals surface area contributed by atoms with Crippen LogP contribution in [0.5, 0.6) is 0 Å². The zero-order chi connectivity index (χ0) is 36.6. The fraction of sp³-hybridized carbons (Fsp3) is 0.636. The highest BCUT2D eigenvalue weighted by atomic mass is 19.4. The Labute approximate surface area is 284 Å². The maximum atomic E-state index is 13.1. The number of ether oxygens (including phenoxy) is 1. The Morgan fingerprint density at radius 1 is 0.837 bits per heavy atom. The van der Waals surface area contributed by atoms with E-state index in [4.69, 9.17) is 4.74 Å². The molecule has 2 fully saturated rings. The van der Waals surface area contributed by atoms with Crippen molar-refractivity contribution in [1.82, 2.24) is 31.1 Å². The van der Waals surface area contributed by atoms with Gasteiger partial charge in [-0.25, -0.2) is 4.79 Å². The first-order valence-corrected chi connectivity index (χ1v) is 16.3. The topological polar surface area (TPSA) is 166 Å². The number of likely N-dealkylation sites (tertiary alicyclic amines) is 2. The number of halogens is 3. The summed E-state index contributed by atoms with van der Waals surface area (Å²) in [6.07, 6.45) is -4.46. The predicted octanol–water partition coefficient (Wildman–Crippen LogP) is 1.90. The number of piperidine rings is 1. The summed E-state index contributed by atoms with van der Waals surface area (Å²) in [5, 5.41) is 10.2. The van der Waals surface area contributed by atoms with Crippen LogP contribution in [-0.2, 0) is 35.1 Å². The molecule has 16 heteroatoms. The van der Waals surface area contributed by atoms with Crippen molar-refractivity contribution in [2.45, 2.75) is 84.2 Å².